The summed E-state index contributed by atoms with van der Waals surface area (Å²) in [7, 11) is 1.33. The number of aromatic nitrogens is 2. The van der Waals surface area contributed by atoms with Gasteiger partial charge in [0.15, 0.2) is 5.65 Å². The zero-order valence-electron chi connectivity index (χ0n) is 7.60. The van der Waals surface area contributed by atoms with Gasteiger partial charge in [-0.1, -0.05) is 0 Å². The molecular formula is C9H9N3O2. The van der Waals surface area contributed by atoms with Gasteiger partial charge in [0.2, 0.25) is 0 Å². The summed E-state index contributed by atoms with van der Waals surface area (Å²) < 4.78 is 6.27. The van der Waals surface area contributed by atoms with Crippen molar-refractivity contribution in [2.24, 2.45) is 0 Å². The van der Waals surface area contributed by atoms with Crippen LogP contribution in [0.25, 0.3) is 5.65 Å². The van der Waals surface area contributed by atoms with E-state index in [1.807, 2.05) is 0 Å². The molecule has 0 aliphatic rings. The van der Waals surface area contributed by atoms with Gasteiger partial charge in [-0.2, -0.15) is 0 Å². The Balaban J connectivity index is 2.64. The van der Waals surface area contributed by atoms with Gasteiger partial charge >= 0.3 is 5.97 Å². The van der Waals surface area contributed by atoms with Gasteiger partial charge in [-0.3, -0.25) is 0 Å². The molecular weight excluding hydrogens is 182 g/mol. The molecule has 0 aliphatic heterocycles. The summed E-state index contributed by atoms with van der Waals surface area (Å²) in [5, 5.41) is 0. The number of fused-ring (bicyclic) bond motifs is 1. The first-order valence-corrected chi connectivity index (χ1v) is 4.03. The van der Waals surface area contributed by atoms with Gasteiger partial charge in [-0.15, -0.1) is 0 Å². The largest absolute Gasteiger partial charge is 0.465 e. The molecule has 0 fully saturated rings. The average molecular weight is 191 g/mol. The maximum absolute atomic E-state index is 11.2. The second-order valence-electron chi connectivity index (χ2n) is 2.83. The lowest BCUT2D eigenvalue weighted by Gasteiger charge is -2.02. The lowest BCUT2D eigenvalue weighted by atomic mass is 10.2. The van der Waals surface area contributed by atoms with Crippen LogP contribution in [0.5, 0.6) is 0 Å². The minimum atomic E-state index is -0.410. The van der Waals surface area contributed by atoms with Crippen LogP contribution in [0.15, 0.2) is 24.7 Å². The van der Waals surface area contributed by atoms with Gasteiger partial charge < -0.3 is 14.9 Å². The Morgan fingerprint density at radius 1 is 1.64 bits per heavy atom. The van der Waals surface area contributed by atoms with Crippen molar-refractivity contribution in [3.8, 4) is 0 Å². The molecule has 2 heterocycles. The standard InChI is InChI=1S/C9H9N3O2/c1-14-9(13)6-4-7(10)8-11-2-3-12(8)5-6/h2-5H,10H2,1H3. The number of imidazole rings is 1. The van der Waals surface area contributed by atoms with Gasteiger partial charge in [0, 0.05) is 18.6 Å². The van der Waals surface area contributed by atoms with Gasteiger partial charge in [-0.05, 0) is 6.07 Å². The Bertz CT molecular complexity index is 490. The lowest BCUT2D eigenvalue weighted by molar-refractivity contribution is 0.0600. The van der Waals surface area contributed by atoms with E-state index in [1.165, 1.54) is 7.11 Å². The molecule has 5 nitrogen and oxygen atoms in total. The highest BCUT2D eigenvalue weighted by Crippen LogP contribution is 2.14. The highest BCUT2D eigenvalue weighted by atomic mass is 16.5. The second-order valence-corrected chi connectivity index (χ2v) is 2.83. The van der Waals surface area contributed by atoms with Crippen LogP contribution in [0.4, 0.5) is 5.69 Å². The van der Waals surface area contributed by atoms with Crippen molar-refractivity contribution < 1.29 is 9.53 Å². The number of rotatable bonds is 1. The predicted molar refractivity (Wildman–Crippen MR) is 50.9 cm³/mol. The highest BCUT2D eigenvalue weighted by molar-refractivity contribution is 5.91. The molecule has 2 rings (SSSR count). The normalized spacial score (nSPS) is 10.4. The zero-order valence-corrected chi connectivity index (χ0v) is 7.60. The minimum Gasteiger partial charge on any atom is -0.465 e. The first-order chi connectivity index (χ1) is 6.72. The third-order valence-corrected chi connectivity index (χ3v) is 1.94. The fourth-order valence-electron chi connectivity index (χ4n) is 1.29. The predicted octanol–water partition coefficient (Wildman–Crippen LogP) is 0.703. The topological polar surface area (TPSA) is 69.6 Å². The summed E-state index contributed by atoms with van der Waals surface area (Å²) >= 11 is 0. The molecule has 2 N–H and O–H groups in total. The molecule has 0 unspecified atom stereocenters. The molecule has 2 aromatic rings. The van der Waals surface area contributed by atoms with E-state index in [2.05, 4.69) is 9.72 Å². The van der Waals surface area contributed by atoms with E-state index in [-0.39, 0.29) is 0 Å². The molecule has 0 saturated carbocycles. The van der Waals surface area contributed by atoms with Crippen LogP contribution < -0.4 is 5.73 Å². The molecule has 0 saturated heterocycles. The van der Waals surface area contributed by atoms with Crippen LogP contribution in [-0.4, -0.2) is 22.5 Å². The lowest BCUT2D eigenvalue weighted by Crippen LogP contribution is -2.04. The van der Waals surface area contributed by atoms with Crippen LogP contribution >= 0.6 is 0 Å². The van der Waals surface area contributed by atoms with Crippen LogP contribution in [0.2, 0.25) is 0 Å². The van der Waals surface area contributed by atoms with Gasteiger partial charge in [-0.25, -0.2) is 9.78 Å². The number of carbonyl (C=O) groups excluding carboxylic acids is 1. The Labute approximate surface area is 80.1 Å². The first kappa shape index (κ1) is 8.55. The second kappa shape index (κ2) is 3.02. The Hall–Kier alpha value is -2.04. The van der Waals surface area contributed by atoms with Gasteiger partial charge in [0.25, 0.3) is 0 Å². The van der Waals surface area contributed by atoms with E-state index < -0.39 is 5.97 Å². The summed E-state index contributed by atoms with van der Waals surface area (Å²) in [6, 6.07) is 1.55. The monoisotopic (exact) mass is 191 g/mol. The number of hydrogen-bond donors (Lipinski definition) is 1. The third-order valence-electron chi connectivity index (χ3n) is 1.94. The maximum Gasteiger partial charge on any atom is 0.339 e. The number of pyridine rings is 1. The summed E-state index contributed by atoms with van der Waals surface area (Å²) in [4.78, 5) is 15.3. The molecule has 2 aromatic heterocycles. The number of methoxy groups -OCH3 is 1. The summed E-state index contributed by atoms with van der Waals surface area (Å²) in [5.41, 5.74) is 7.21. The summed E-state index contributed by atoms with van der Waals surface area (Å²) in [5.74, 6) is -0.410. The number of nitrogens with zero attached hydrogens (tertiary/aromatic N) is 2. The molecule has 0 aliphatic carbocycles. The van der Waals surface area contributed by atoms with Crippen molar-refractivity contribution in [2.45, 2.75) is 0 Å². The van der Waals surface area contributed by atoms with E-state index in [9.17, 15) is 4.79 Å². The fraction of sp³-hybridized carbons (Fsp3) is 0.111. The fourth-order valence-corrected chi connectivity index (χ4v) is 1.29. The molecule has 0 radical (unpaired) electrons. The van der Waals surface area contributed by atoms with Crippen molar-refractivity contribution in [2.75, 3.05) is 12.8 Å². The number of anilines is 1. The van der Waals surface area contributed by atoms with E-state index in [4.69, 9.17) is 5.73 Å². The number of nitrogen functional groups attached to an aromatic ring is 1. The van der Waals surface area contributed by atoms with Crippen molar-refractivity contribution in [3.63, 3.8) is 0 Å². The summed E-state index contributed by atoms with van der Waals surface area (Å²) in [6.07, 6.45) is 4.97. The zero-order chi connectivity index (χ0) is 10.1. The molecule has 14 heavy (non-hydrogen) atoms. The molecule has 0 bridgehead atoms. The summed E-state index contributed by atoms with van der Waals surface area (Å²) in [6.45, 7) is 0. The van der Waals surface area contributed by atoms with Crippen molar-refractivity contribution >= 4 is 17.3 Å². The Kier molecular flexibility index (Phi) is 1.85. The number of nitrogens with two attached hydrogens (primary N) is 1. The molecule has 0 aromatic carbocycles. The SMILES string of the molecule is COC(=O)c1cc(N)c2nccn2c1. The smallest absolute Gasteiger partial charge is 0.339 e. The van der Waals surface area contributed by atoms with Crippen molar-refractivity contribution in [3.05, 3.63) is 30.2 Å². The van der Waals surface area contributed by atoms with Crippen LogP contribution in [0, 0.1) is 0 Å². The van der Waals surface area contributed by atoms with Gasteiger partial charge in [0.1, 0.15) is 0 Å². The van der Waals surface area contributed by atoms with Crippen molar-refractivity contribution in [1.29, 1.82) is 0 Å². The number of carbonyl (C=O) groups is 1. The Morgan fingerprint density at radius 3 is 3.14 bits per heavy atom. The highest BCUT2D eigenvalue weighted by Gasteiger charge is 2.09. The minimum absolute atomic E-state index is 0.410. The molecule has 0 atom stereocenters. The average Bonchev–Trinajstić information content (AvgIpc) is 2.64. The maximum atomic E-state index is 11.2. The Morgan fingerprint density at radius 2 is 2.43 bits per heavy atom. The van der Waals surface area contributed by atoms with Crippen LogP contribution in [0.1, 0.15) is 10.4 Å². The van der Waals surface area contributed by atoms with Crippen LogP contribution in [0.3, 0.4) is 0 Å². The van der Waals surface area contributed by atoms with E-state index in [0.717, 1.165) is 0 Å². The quantitative estimate of drug-likeness (QED) is 0.674. The third kappa shape index (κ3) is 1.19. The van der Waals surface area contributed by atoms with Crippen LogP contribution in [-0.2, 0) is 4.74 Å². The molecule has 5 heteroatoms. The molecule has 0 amide bonds. The molecule has 0 spiro atoms. The van der Waals surface area contributed by atoms with Gasteiger partial charge in [0.05, 0.1) is 18.4 Å². The number of esters is 1. The number of ether oxygens (including phenoxy) is 1. The number of hydrogen-bond acceptors (Lipinski definition) is 4. The molecule has 72 valence electrons. The first-order valence-electron chi connectivity index (χ1n) is 4.03. The van der Waals surface area contributed by atoms with E-state index >= 15 is 0 Å². The van der Waals surface area contributed by atoms with Crippen molar-refractivity contribution in [1.82, 2.24) is 9.38 Å². The van der Waals surface area contributed by atoms with E-state index in [1.54, 1.807) is 29.1 Å². The van der Waals surface area contributed by atoms with E-state index in [0.29, 0.717) is 16.9 Å².